The lowest BCUT2D eigenvalue weighted by Gasteiger charge is -2.07. The molecule has 1 N–H and O–H groups in total. The van der Waals surface area contributed by atoms with Crippen molar-refractivity contribution in [3.8, 4) is 0 Å². The third kappa shape index (κ3) is 3.80. The zero-order chi connectivity index (χ0) is 16.4. The molecule has 0 saturated heterocycles. The van der Waals surface area contributed by atoms with Crippen molar-refractivity contribution < 1.29 is 8.42 Å². The van der Waals surface area contributed by atoms with Crippen molar-refractivity contribution >= 4 is 47.5 Å². The first kappa shape index (κ1) is 16.6. The molecule has 4 nitrogen and oxygen atoms in total. The van der Waals surface area contributed by atoms with Crippen molar-refractivity contribution in [1.82, 2.24) is 9.71 Å². The fourth-order valence-electron chi connectivity index (χ4n) is 2.19. The monoisotopic (exact) mass is 410 g/mol. The van der Waals surface area contributed by atoms with E-state index in [1.54, 1.807) is 29.5 Å². The minimum Gasteiger partial charge on any atom is -0.241 e. The first-order valence-electron chi connectivity index (χ1n) is 7.06. The van der Waals surface area contributed by atoms with E-state index in [0.717, 1.165) is 25.3 Å². The lowest BCUT2D eigenvalue weighted by molar-refractivity contribution is 0.581. The number of thiazole rings is 1. The van der Waals surface area contributed by atoms with E-state index >= 15 is 0 Å². The minimum absolute atomic E-state index is 0.280. The number of sulfonamides is 1. The summed E-state index contributed by atoms with van der Waals surface area (Å²) in [5.41, 5.74) is 1.85. The van der Waals surface area contributed by atoms with Gasteiger partial charge in [-0.25, -0.2) is 18.1 Å². The van der Waals surface area contributed by atoms with E-state index in [0.29, 0.717) is 13.0 Å². The minimum atomic E-state index is -3.49. The van der Waals surface area contributed by atoms with Crippen LogP contribution in [0.2, 0.25) is 0 Å². The molecule has 3 aromatic rings. The van der Waals surface area contributed by atoms with Gasteiger partial charge in [-0.15, -0.1) is 11.3 Å². The second kappa shape index (κ2) is 6.68. The van der Waals surface area contributed by atoms with E-state index < -0.39 is 10.0 Å². The van der Waals surface area contributed by atoms with Crippen molar-refractivity contribution in [1.29, 1.82) is 0 Å². The molecule has 120 valence electrons. The molecule has 0 fully saturated rings. The van der Waals surface area contributed by atoms with Crippen molar-refractivity contribution in [2.24, 2.45) is 0 Å². The van der Waals surface area contributed by atoms with E-state index in [4.69, 9.17) is 0 Å². The average Bonchev–Trinajstić information content (AvgIpc) is 2.92. The Morgan fingerprint density at radius 1 is 1.22 bits per heavy atom. The highest BCUT2D eigenvalue weighted by Gasteiger charge is 2.14. The Labute approximate surface area is 147 Å². The number of aromatic nitrogens is 1. The highest BCUT2D eigenvalue weighted by atomic mass is 79.9. The van der Waals surface area contributed by atoms with Crippen LogP contribution < -0.4 is 4.72 Å². The quantitative estimate of drug-likeness (QED) is 0.693. The summed E-state index contributed by atoms with van der Waals surface area (Å²) in [5.74, 6) is 0. The second-order valence-corrected chi connectivity index (χ2v) is 8.87. The van der Waals surface area contributed by atoms with Crippen molar-refractivity contribution in [2.75, 3.05) is 6.54 Å². The van der Waals surface area contributed by atoms with Crippen LogP contribution in [-0.2, 0) is 16.4 Å². The second-order valence-electron chi connectivity index (χ2n) is 5.13. The van der Waals surface area contributed by atoms with Crippen LogP contribution in [-0.4, -0.2) is 19.9 Å². The van der Waals surface area contributed by atoms with Crippen LogP contribution in [0.1, 0.15) is 10.6 Å². The van der Waals surface area contributed by atoms with Gasteiger partial charge in [-0.3, -0.25) is 0 Å². The van der Waals surface area contributed by atoms with Gasteiger partial charge in [0.15, 0.2) is 0 Å². The molecule has 23 heavy (non-hydrogen) atoms. The smallest absolute Gasteiger partial charge is 0.240 e. The zero-order valence-corrected chi connectivity index (χ0v) is 15.6. The highest BCUT2D eigenvalue weighted by molar-refractivity contribution is 9.10. The van der Waals surface area contributed by atoms with E-state index in [-0.39, 0.29) is 4.90 Å². The lowest BCUT2D eigenvalue weighted by atomic mass is 10.2. The van der Waals surface area contributed by atoms with E-state index in [9.17, 15) is 8.42 Å². The number of halogens is 1. The molecular weight excluding hydrogens is 396 g/mol. The van der Waals surface area contributed by atoms with Crippen LogP contribution in [0.5, 0.6) is 0 Å². The third-order valence-electron chi connectivity index (χ3n) is 3.41. The first-order valence-corrected chi connectivity index (χ1v) is 10.2. The maximum Gasteiger partial charge on any atom is 0.240 e. The number of rotatable bonds is 5. The summed E-state index contributed by atoms with van der Waals surface area (Å²) in [7, 11) is -3.49. The molecule has 0 saturated carbocycles. The fourth-order valence-corrected chi connectivity index (χ4v) is 4.52. The lowest BCUT2D eigenvalue weighted by Crippen LogP contribution is -2.26. The van der Waals surface area contributed by atoms with Crippen LogP contribution in [0.4, 0.5) is 0 Å². The average molecular weight is 411 g/mol. The number of nitrogens with zero attached hydrogens (tertiary/aromatic N) is 1. The molecule has 0 aliphatic carbocycles. The summed E-state index contributed by atoms with van der Waals surface area (Å²) >= 11 is 4.97. The maximum absolute atomic E-state index is 12.3. The summed E-state index contributed by atoms with van der Waals surface area (Å²) in [5, 5.41) is 0.931. The molecule has 1 heterocycles. The zero-order valence-electron chi connectivity index (χ0n) is 12.4. The van der Waals surface area contributed by atoms with Crippen molar-refractivity contribution in [2.45, 2.75) is 18.2 Å². The van der Waals surface area contributed by atoms with Gasteiger partial charge >= 0.3 is 0 Å². The number of nitrogens with one attached hydrogen (secondary N) is 1. The molecule has 0 aliphatic heterocycles. The van der Waals surface area contributed by atoms with Gasteiger partial charge in [0.1, 0.15) is 0 Å². The van der Waals surface area contributed by atoms with Gasteiger partial charge in [0.25, 0.3) is 0 Å². The molecular formula is C16H15BrN2O2S2. The molecule has 0 spiro atoms. The number of fused-ring (bicyclic) bond motifs is 1. The first-order chi connectivity index (χ1) is 11.0. The van der Waals surface area contributed by atoms with Crippen LogP contribution in [0, 0.1) is 6.92 Å². The maximum atomic E-state index is 12.3. The number of hydrogen-bond donors (Lipinski definition) is 1. The predicted molar refractivity (Wildman–Crippen MR) is 97.4 cm³/mol. The molecule has 3 rings (SSSR count). The topological polar surface area (TPSA) is 59.1 Å². The Morgan fingerprint density at radius 3 is 2.74 bits per heavy atom. The summed E-state index contributed by atoms with van der Waals surface area (Å²) in [6.07, 6.45) is 0.577. The molecule has 0 atom stereocenters. The standard InChI is InChI=1S/C16H15BrN2O2S2/c1-11-10-12(6-7-13(11)17)23(20,21)18-9-8-16-19-14-4-2-3-5-15(14)22-16/h2-7,10,18H,8-9H2,1H3. The van der Waals surface area contributed by atoms with Crippen LogP contribution >= 0.6 is 27.3 Å². The fraction of sp³-hybridized carbons (Fsp3) is 0.188. The van der Waals surface area contributed by atoms with Gasteiger partial charge in [0.05, 0.1) is 20.1 Å². The summed E-state index contributed by atoms with van der Waals surface area (Å²) in [6.45, 7) is 2.20. The molecule has 0 amide bonds. The van der Waals surface area contributed by atoms with Gasteiger partial charge in [-0.2, -0.15) is 0 Å². The number of benzene rings is 2. The van der Waals surface area contributed by atoms with E-state index in [2.05, 4.69) is 25.6 Å². The van der Waals surface area contributed by atoms with E-state index in [1.165, 1.54) is 0 Å². The molecule has 2 aromatic carbocycles. The van der Waals surface area contributed by atoms with Gasteiger partial charge in [0, 0.05) is 17.4 Å². The number of aryl methyl sites for hydroxylation is 1. The van der Waals surface area contributed by atoms with Crippen molar-refractivity contribution in [3.63, 3.8) is 0 Å². The number of para-hydroxylation sites is 1. The summed E-state index contributed by atoms with van der Waals surface area (Å²) < 4.78 is 29.3. The Balaban J connectivity index is 1.68. The van der Waals surface area contributed by atoms with Crippen molar-refractivity contribution in [3.05, 3.63) is 57.5 Å². The van der Waals surface area contributed by atoms with Crippen LogP contribution in [0.15, 0.2) is 51.8 Å². The Bertz CT molecular complexity index is 919. The van der Waals surface area contributed by atoms with E-state index in [1.807, 2.05) is 31.2 Å². The largest absolute Gasteiger partial charge is 0.241 e. The van der Waals surface area contributed by atoms with Gasteiger partial charge in [0.2, 0.25) is 10.0 Å². The predicted octanol–water partition coefficient (Wildman–Crippen LogP) is 3.89. The Kier molecular flexibility index (Phi) is 4.82. The summed E-state index contributed by atoms with van der Waals surface area (Å²) in [4.78, 5) is 4.79. The molecule has 0 unspecified atom stereocenters. The molecule has 0 radical (unpaired) electrons. The van der Waals surface area contributed by atoms with Gasteiger partial charge in [-0.1, -0.05) is 28.1 Å². The third-order valence-corrected chi connectivity index (χ3v) is 6.85. The SMILES string of the molecule is Cc1cc(S(=O)(=O)NCCc2nc3ccccc3s2)ccc1Br. The summed E-state index contributed by atoms with van der Waals surface area (Å²) in [6, 6.07) is 12.9. The number of hydrogen-bond acceptors (Lipinski definition) is 4. The van der Waals surface area contributed by atoms with Crippen LogP contribution in [0.25, 0.3) is 10.2 Å². The molecule has 0 aliphatic rings. The van der Waals surface area contributed by atoms with Gasteiger partial charge in [-0.05, 0) is 42.8 Å². The van der Waals surface area contributed by atoms with Gasteiger partial charge < -0.3 is 0 Å². The molecule has 7 heteroatoms. The Hall–Kier alpha value is -1.28. The highest BCUT2D eigenvalue weighted by Crippen LogP contribution is 2.22. The normalized spacial score (nSPS) is 11.9. The molecule has 1 aromatic heterocycles. The Morgan fingerprint density at radius 2 is 2.00 bits per heavy atom. The van der Waals surface area contributed by atoms with Crippen LogP contribution in [0.3, 0.4) is 0 Å². The molecule has 0 bridgehead atoms.